The fourth-order valence-electron chi connectivity index (χ4n) is 3.49. The number of benzene rings is 2. The van der Waals surface area contributed by atoms with Crippen molar-refractivity contribution in [2.45, 2.75) is 25.9 Å². The van der Waals surface area contributed by atoms with Gasteiger partial charge in [0.1, 0.15) is 0 Å². The summed E-state index contributed by atoms with van der Waals surface area (Å²) in [6.45, 7) is 4.49. The number of carbonyl (C=O) groups excluding carboxylic acids is 1. The second kappa shape index (κ2) is 8.12. The standard InChI is InChI=1S/C21H22ClN5O/c1-15-20(25-27(24-15)19-9-5-8-17(22)12-19)21(28)23-18-10-11-26(14-18)13-16-6-3-2-4-7-16/h2-9,12,18H,10-11,13-14H2,1H3,(H,23,28). The molecule has 1 fully saturated rings. The second-order valence-electron chi connectivity index (χ2n) is 7.08. The summed E-state index contributed by atoms with van der Waals surface area (Å²) in [4.78, 5) is 16.5. The van der Waals surface area contributed by atoms with E-state index in [0.717, 1.165) is 31.7 Å². The molecule has 1 unspecified atom stereocenters. The third kappa shape index (κ3) is 4.24. The first-order valence-corrected chi connectivity index (χ1v) is 9.73. The summed E-state index contributed by atoms with van der Waals surface area (Å²) < 4.78 is 0. The maximum absolute atomic E-state index is 12.7. The van der Waals surface area contributed by atoms with Crippen molar-refractivity contribution in [3.8, 4) is 5.69 Å². The fraction of sp³-hybridized carbons (Fsp3) is 0.286. The Hall–Kier alpha value is -2.70. The summed E-state index contributed by atoms with van der Waals surface area (Å²) in [6.07, 6.45) is 0.931. The molecule has 1 N–H and O–H groups in total. The van der Waals surface area contributed by atoms with E-state index < -0.39 is 0 Å². The van der Waals surface area contributed by atoms with Gasteiger partial charge in [0.25, 0.3) is 5.91 Å². The monoisotopic (exact) mass is 395 g/mol. The van der Waals surface area contributed by atoms with E-state index in [-0.39, 0.29) is 11.9 Å². The van der Waals surface area contributed by atoms with Gasteiger partial charge in [-0.1, -0.05) is 48.0 Å². The second-order valence-corrected chi connectivity index (χ2v) is 7.52. The topological polar surface area (TPSA) is 63.1 Å². The van der Waals surface area contributed by atoms with Crippen LogP contribution >= 0.6 is 11.6 Å². The van der Waals surface area contributed by atoms with Crippen LogP contribution in [-0.2, 0) is 6.54 Å². The Morgan fingerprint density at radius 3 is 2.79 bits per heavy atom. The molecule has 2 aromatic carbocycles. The molecule has 0 aliphatic carbocycles. The molecular weight excluding hydrogens is 374 g/mol. The van der Waals surface area contributed by atoms with Crippen molar-refractivity contribution in [3.63, 3.8) is 0 Å². The van der Waals surface area contributed by atoms with E-state index in [4.69, 9.17) is 11.6 Å². The summed E-state index contributed by atoms with van der Waals surface area (Å²) in [5.74, 6) is -0.183. The molecule has 1 aliphatic heterocycles. The summed E-state index contributed by atoms with van der Waals surface area (Å²) in [6, 6.07) is 17.7. The molecule has 1 aromatic heterocycles. The molecule has 7 heteroatoms. The SMILES string of the molecule is Cc1nn(-c2cccc(Cl)c2)nc1C(=O)NC1CCN(Cc2ccccc2)C1. The molecule has 6 nitrogen and oxygen atoms in total. The predicted octanol–water partition coefficient (Wildman–Crippen LogP) is 3.23. The van der Waals surface area contributed by atoms with E-state index in [1.165, 1.54) is 10.4 Å². The Bertz CT molecular complexity index is 972. The number of halogens is 1. The van der Waals surface area contributed by atoms with Crippen molar-refractivity contribution in [2.24, 2.45) is 0 Å². The minimum absolute atomic E-state index is 0.118. The molecule has 3 aromatic rings. The van der Waals surface area contributed by atoms with Crippen LogP contribution in [0.4, 0.5) is 0 Å². The van der Waals surface area contributed by atoms with E-state index in [2.05, 4.69) is 44.7 Å². The van der Waals surface area contributed by atoms with Crippen molar-refractivity contribution >= 4 is 17.5 Å². The van der Waals surface area contributed by atoms with Gasteiger partial charge < -0.3 is 5.32 Å². The van der Waals surface area contributed by atoms with Crippen LogP contribution in [0, 0.1) is 6.92 Å². The van der Waals surface area contributed by atoms with Gasteiger partial charge in [-0.2, -0.15) is 9.90 Å². The third-order valence-corrected chi connectivity index (χ3v) is 5.13. The maximum Gasteiger partial charge on any atom is 0.274 e. The zero-order valence-electron chi connectivity index (χ0n) is 15.7. The van der Waals surface area contributed by atoms with Gasteiger partial charge in [0.15, 0.2) is 5.69 Å². The van der Waals surface area contributed by atoms with Gasteiger partial charge in [-0.25, -0.2) is 0 Å². The molecular formula is C21H22ClN5O. The lowest BCUT2D eigenvalue weighted by Crippen LogP contribution is -2.37. The lowest BCUT2D eigenvalue weighted by molar-refractivity contribution is 0.0931. The van der Waals surface area contributed by atoms with Gasteiger partial charge in [-0.3, -0.25) is 9.69 Å². The average molecular weight is 396 g/mol. The highest BCUT2D eigenvalue weighted by molar-refractivity contribution is 6.30. The minimum Gasteiger partial charge on any atom is -0.347 e. The lowest BCUT2D eigenvalue weighted by atomic mass is 10.2. The molecule has 0 saturated carbocycles. The maximum atomic E-state index is 12.7. The van der Waals surface area contributed by atoms with E-state index in [0.29, 0.717) is 16.4 Å². The number of nitrogens with zero attached hydrogens (tertiary/aromatic N) is 4. The van der Waals surface area contributed by atoms with Crippen LogP contribution in [0.5, 0.6) is 0 Å². The fourth-order valence-corrected chi connectivity index (χ4v) is 3.68. The Morgan fingerprint density at radius 1 is 1.18 bits per heavy atom. The number of carbonyl (C=O) groups is 1. The summed E-state index contributed by atoms with van der Waals surface area (Å²) in [7, 11) is 0. The average Bonchev–Trinajstić information content (AvgIpc) is 3.29. The van der Waals surface area contributed by atoms with Gasteiger partial charge in [-0.05, 0) is 37.1 Å². The molecule has 2 heterocycles. The first-order valence-electron chi connectivity index (χ1n) is 9.35. The van der Waals surface area contributed by atoms with Gasteiger partial charge >= 0.3 is 0 Å². The highest BCUT2D eigenvalue weighted by Crippen LogP contribution is 2.16. The van der Waals surface area contributed by atoms with Crippen molar-refractivity contribution in [1.29, 1.82) is 0 Å². The van der Waals surface area contributed by atoms with Gasteiger partial charge in [0, 0.05) is 30.7 Å². The number of nitrogens with one attached hydrogen (secondary N) is 1. The third-order valence-electron chi connectivity index (χ3n) is 4.89. The van der Waals surface area contributed by atoms with Crippen molar-refractivity contribution in [1.82, 2.24) is 25.2 Å². The first kappa shape index (κ1) is 18.7. The summed E-state index contributed by atoms with van der Waals surface area (Å²) in [5.41, 5.74) is 2.96. The Balaban J connectivity index is 1.39. The quantitative estimate of drug-likeness (QED) is 0.720. The van der Waals surface area contributed by atoms with E-state index >= 15 is 0 Å². The van der Waals surface area contributed by atoms with Crippen LogP contribution in [0.25, 0.3) is 5.69 Å². The molecule has 0 bridgehead atoms. The van der Waals surface area contributed by atoms with Crippen LogP contribution in [-0.4, -0.2) is 44.9 Å². The highest BCUT2D eigenvalue weighted by Gasteiger charge is 2.26. The number of rotatable bonds is 5. The molecule has 4 rings (SSSR count). The zero-order valence-corrected chi connectivity index (χ0v) is 16.4. The Morgan fingerprint density at radius 2 is 2.00 bits per heavy atom. The molecule has 144 valence electrons. The van der Waals surface area contributed by atoms with Crippen molar-refractivity contribution in [2.75, 3.05) is 13.1 Å². The molecule has 1 saturated heterocycles. The first-order chi connectivity index (χ1) is 13.6. The number of hydrogen-bond donors (Lipinski definition) is 1. The smallest absolute Gasteiger partial charge is 0.274 e. The minimum atomic E-state index is -0.183. The van der Waals surface area contributed by atoms with E-state index in [1.54, 1.807) is 19.1 Å². The van der Waals surface area contributed by atoms with Crippen LogP contribution in [0.1, 0.15) is 28.2 Å². The normalized spacial score (nSPS) is 17.0. The molecule has 1 amide bonds. The number of hydrogen-bond acceptors (Lipinski definition) is 4. The van der Waals surface area contributed by atoms with Crippen LogP contribution in [0.2, 0.25) is 5.02 Å². The molecule has 0 spiro atoms. The predicted molar refractivity (Wildman–Crippen MR) is 109 cm³/mol. The molecule has 28 heavy (non-hydrogen) atoms. The largest absolute Gasteiger partial charge is 0.347 e. The Kier molecular flexibility index (Phi) is 5.41. The summed E-state index contributed by atoms with van der Waals surface area (Å²) in [5, 5.41) is 12.4. The van der Waals surface area contributed by atoms with Gasteiger partial charge in [-0.15, -0.1) is 5.10 Å². The van der Waals surface area contributed by atoms with Crippen LogP contribution < -0.4 is 5.32 Å². The summed E-state index contributed by atoms with van der Waals surface area (Å²) >= 11 is 6.04. The number of aryl methyl sites for hydroxylation is 1. The van der Waals surface area contributed by atoms with E-state index in [1.807, 2.05) is 18.2 Å². The number of aromatic nitrogens is 3. The van der Waals surface area contributed by atoms with Gasteiger partial charge in [0.05, 0.1) is 11.4 Å². The van der Waals surface area contributed by atoms with Crippen LogP contribution in [0.3, 0.4) is 0 Å². The molecule has 1 aliphatic rings. The van der Waals surface area contributed by atoms with E-state index in [9.17, 15) is 4.79 Å². The lowest BCUT2D eigenvalue weighted by Gasteiger charge is -2.16. The number of amides is 1. The zero-order chi connectivity index (χ0) is 19.5. The van der Waals surface area contributed by atoms with Crippen LogP contribution in [0.15, 0.2) is 54.6 Å². The van der Waals surface area contributed by atoms with Crippen molar-refractivity contribution in [3.05, 3.63) is 76.6 Å². The molecule has 1 atom stereocenters. The Labute approximate surface area is 169 Å². The van der Waals surface area contributed by atoms with Gasteiger partial charge in [0.2, 0.25) is 0 Å². The van der Waals surface area contributed by atoms with Crippen molar-refractivity contribution < 1.29 is 4.79 Å². The molecule has 0 radical (unpaired) electrons. The number of likely N-dealkylation sites (tertiary alicyclic amines) is 1. The highest BCUT2D eigenvalue weighted by atomic mass is 35.5.